The first-order valence-corrected chi connectivity index (χ1v) is 9.83. The topological polar surface area (TPSA) is 123 Å². The maximum Gasteiger partial charge on any atom is 0.221 e. The molecule has 5 rings (SSSR count). The highest BCUT2D eigenvalue weighted by atomic mass is 15.1. The van der Waals surface area contributed by atoms with Crippen LogP contribution in [-0.2, 0) is 6.54 Å². The summed E-state index contributed by atoms with van der Waals surface area (Å²) in [6.45, 7) is 1.61. The standard InChI is InChI=1S/C22H22N8/c23-6-1-8-30-9-5-15-10-14(2-3-19(15)30)18-12-17(11-16-13-26-29-21(16)18)27-20-4-7-25-22(24)28-20/h2-5,7,9-13H,1,6,8,23H2,(H,26,29)(H3,24,25,27,28). The number of hydrogen-bond acceptors (Lipinski definition) is 6. The molecule has 6 N–H and O–H groups in total. The van der Waals surface area contributed by atoms with Crippen molar-refractivity contribution in [1.29, 1.82) is 0 Å². The molecule has 0 spiro atoms. The zero-order chi connectivity index (χ0) is 20.5. The van der Waals surface area contributed by atoms with Gasteiger partial charge in [0.1, 0.15) is 5.82 Å². The second-order valence-corrected chi connectivity index (χ2v) is 7.21. The zero-order valence-electron chi connectivity index (χ0n) is 16.3. The lowest BCUT2D eigenvalue weighted by molar-refractivity contribution is 0.671. The third-order valence-electron chi connectivity index (χ3n) is 5.18. The molecule has 0 fully saturated rings. The summed E-state index contributed by atoms with van der Waals surface area (Å²) in [6.07, 6.45) is 6.53. The van der Waals surface area contributed by atoms with E-state index in [1.807, 2.05) is 12.3 Å². The predicted molar refractivity (Wildman–Crippen MR) is 120 cm³/mol. The average Bonchev–Trinajstić information content (AvgIpc) is 3.38. The van der Waals surface area contributed by atoms with Crippen molar-refractivity contribution in [3.8, 4) is 11.1 Å². The Morgan fingerprint density at radius 2 is 2.00 bits per heavy atom. The minimum atomic E-state index is 0.231. The van der Waals surface area contributed by atoms with Crippen LogP contribution in [0.5, 0.6) is 0 Å². The molecule has 0 aliphatic heterocycles. The molecular formula is C22H22N8. The van der Waals surface area contributed by atoms with Crippen LogP contribution >= 0.6 is 0 Å². The number of nitrogen functional groups attached to an aromatic ring is 1. The highest BCUT2D eigenvalue weighted by molar-refractivity contribution is 5.98. The summed E-state index contributed by atoms with van der Waals surface area (Å²) >= 11 is 0. The van der Waals surface area contributed by atoms with Crippen LogP contribution in [0.3, 0.4) is 0 Å². The van der Waals surface area contributed by atoms with Crippen LogP contribution in [0, 0.1) is 0 Å². The summed E-state index contributed by atoms with van der Waals surface area (Å²) in [7, 11) is 0. The number of nitrogens with zero attached hydrogens (tertiary/aromatic N) is 4. The molecule has 0 saturated carbocycles. The molecule has 5 aromatic rings. The molecule has 30 heavy (non-hydrogen) atoms. The van der Waals surface area contributed by atoms with Crippen LogP contribution in [0.1, 0.15) is 6.42 Å². The van der Waals surface area contributed by atoms with Gasteiger partial charge in [0, 0.05) is 46.5 Å². The highest BCUT2D eigenvalue weighted by Gasteiger charge is 2.11. The Morgan fingerprint density at radius 3 is 2.87 bits per heavy atom. The van der Waals surface area contributed by atoms with Crippen LogP contribution in [0.15, 0.2) is 61.1 Å². The lowest BCUT2D eigenvalue weighted by Crippen LogP contribution is -2.04. The van der Waals surface area contributed by atoms with Gasteiger partial charge in [-0.2, -0.15) is 10.1 Å². The first-order chi connectivity index (χ1) is 14.7. The number of nitrogens with one attached hydrogen (secondary N) is 2. The number of aromatic amines is 1. The number of benzene rings is 2. The van der Waals surface area contributed by atoms with Gasteiger partial charge in [-0.25, -0.2) is 4.98 Å². The number of hydrogen-bond donors (Lipinski definition) is 4. The van der Waals surface area contributed by atoms with E-state index < -0.39 is 0 Å². The minimum absolute atomic E-state index is 0.231. The van der Waals surface area contributed by atoms with Gasteiger partial charge in [-0.3, -0.25) is 5.10 Å². The molecule has 8 nitrogen and oxygen atoms in total. The minimum Gasteiger partial charge on any atom is -0.368 e. The van der Waals surface area contributed by atoms with Gasteiger partial charge >= 0.3 is 0 Å². The van der Waals surface area contributed by atoms with Gasteiger partial charge < -0.3 is 21.4 Å². The Hall–Kier alpha value is -3.91. The van der Waals surface area contributed by atoms with Crippen LogP contribution in [0.25, 0.3) is 32.9 Å². The number of fused-ring (bicyclic) bond motifs is 2. The first kappa shape index (κ1) is 18.1. The molecule has 0 amide bonds. The molecule has 150 valence electrons. The monoisotopic (exact) mass is 398 g/mol. The van der Waals surface area contributed by atoms with Crippen LogP contribution in [0.2, 0.25) is 0 Å². The normalized spacial score (nSPS) is 11.4. The SMILES string of the molecule is NCCCn1ccc2cc(-c3cc(Nc4ccnc(N)n4)cc4cn[nH]c34)ccc21. The molecule has 0 aliphatic rings. The van der Waals surface area contributed by atoms with E-state index in [-0.39, 0.29) is 5.95 Å². The molecule has 0 aliphatic carbocycles. The second kappa shape index (κ2) is 7.49. The Labute approximate surface area is 172 Å². The van der Waals surface area contributed by atoms with E-state index in [1.165, 1.54) is 10.9 Å². The van der Waals surface area contributed by atoms with Crippen molar-refractivity contribution in [3.05, 3.63) is 61.1 Å². The fourth-order valence-electron chi connectivity index (χ4n) is 3.77. The van der Waals surface area contributed by atoms with Crippen molar-refractivity contribution in [2.45, 2.75) is 13.0 Å². The fraction of sp³-hybridized carbons (Fsp3) is 0.136. The van der Waals surface area contributed by atoms with Crippen molar-refractivity contribution in [2.24, 2.45) is 5.73 Å². The summed E-state index contributed by atoms with van der Waals surface area (Å²) in [5, 5.41) is 12.9. The van der Waals surface area contributed by atoms with Crippen molar-refractivity contribution >= 4 is 39.3 Å². The van der Waals surface area contributed by atoms with Crippen molar-refractivity contribution in [3.63, 3.8) is 0 Å². The van der Waals surface area contributed by atoms with Gasteiger partial charge in [0.2, 0.25) is 5.95 Å². The zero-order valence-corrected chi connectivity index (χ0v) is 16.3. The van der Waals surface area contributed by atoms with Gasteiger partial charge in [0.15, 0.2) is 0 Å². The molecule has 3 aromatic heterocycles. The van der Waals surface area contributed by atoms with E-state index in [4.69, 9.17) is 11.5 Å². The maximum atomic E-state index is 5.71. The molecule has 0 saturated heterocycles. The maximum absolute atomic E-state index is 5.71. The second-order valence-electron chi connectivity index (χ2n) is 7.21. The third kappa shape index (κ3) is 3.33. The van der Waals surface area contributed by atoms with E-state index in [1.54, 1.807) is 12.3 Å². The molecule has 0 unspecified atom stereocenters. The summed E-state index contributed by atoms with van der Waals surface area (Å²) < 4.78 is 2.25. The van der Waals surface area contributed by atoms with Gasteiger partial charge in [-0.05, 0) is 54.9 Å². The Balaban J connectivity index is 1.57. The van der Waals surface area contributed by atoms with Gasteiger partial charge in [-0.1, -0.05) is 6.07 Å². The Morgan fingerprint density at radius 1 is 1.07 bits per heavy atom. The van der Waals surface area contributed by atoms with Crippen LogP contribution in [-0.4, -0.2) is 31.3 Å². The number of anilines is 3. The van der Waals surface area contributed by atoms with Crippen LogP contribution in [0.4, 0.5) is 17.5 Å². The number of aryl methyl sites for hydroxylation is 1. The smallest absolute Gasteiger partial charge is 0.221 e. The summed E-state index contributed by atoms with van der Waals surface area (Å²) in [5.74, 6) is 0.873. The van der Waals surface area contributed by atoms with Crippen molar-refractivity contribution < 1.29 is 0 Å². The number of H-pyrrole nitrogens is 1. The van der Waals surface area contributed by atoms with E-state index in [0.717, 1.165) is 40.7 Å². The molecule has 0 bridgehead atoms. The van der Waals surface area contributed by atoms with Crippen LogP contribution < -0.4 is 16.8 Å². The van der Waals surface area contributed by atoms with E-state index in [0.29, 0.717) is 12.4 Å². The van der Waals surface area contributed by atoms with Crippen molar-refractivity contribution in [1.82, 2.24) is 24.7 Å². The highest BCUT2D eigenvalue weighted by Crippen LogP contribution is 2.33. The van der Waals surface area contributed by atoms with Gasteiger partial charge in [0.05, 0.1) is 11.7 Å². The van der Waals surface area contributed by atoms with E-state index >= 15 is 0 Å². The molecular weight excluding hydrogens is 376 g/mol. The predicted octanol–water partition coefficient (Wildman–Crippen LogP) is 3.65. The Kier molecular flexibility index (Phi) is 4.53. The van der Waals surface area contributed by atoms with Crippen molar-refractivity contribution in [2.75, 3.05) is 17.6 Å². The van der Waals surface area contributed by atoms with E-state index in [9.17, 15) is 0 Å². The molecule has 2 aromatic carbocycles. The number of nitrogens with two attached hydrogens (primary N) is 2. The van der Waals surface area contributed by atoms with Gasteiger partial charge in [0.25, 0.3) is 0 Å². The molecule has 0 atom stereocenters. The summed E-state index contributed by atoms with van der Waals surface area (Å²) in [5.41, 5.74) is 16.6. The Bertz CT molecular complexity index is 1330. The summed E-state index contributed by atoms with van der Waals surface area (Å²) in [4.78, 5) is 8.17. The lowest BCUT2D eigenvalue weighted by Gasteiger charge is -2.11. The fourth-order valence-corrected chi connectivity index (χ4v) is 3.77. The average molecular weight is 398 g/mol. The molecule has 3 heterocycles. The number of rotatable bonds is 6. The first-order valence-electron chi connectivity index (χ1n) is 9.83. The summed E-state index contributed by atoms with van der Waals surface area (Å²) in [6, 6.07) is 14.6. The molecule has 8 heteroatoms. The molecule has 0 radical (unpaired) electrons. The largest absolute Gasteiger partial charge is 0.368 e. The third-order valence-corrected chi connectivity index (χ3v) is 5.18. The number of aromatic nitrogens is 5. The quantitative estimate of drug-likeness (QED) is 0.346. The van der Waals surface area contributed by atoms with Gasteiger partial charge in [-0.15, -0.1) is 0 Å². The lowest BCUT2D eigenvalue weighted by atomic mass is 10.0. The van der Waals surface area contributed by atoms with E-state index in [2.05, 4.69) is 66.6 Å².